The van der Waals surface area contributed by atoms with Gasteiger partial charge < -0.3 is 19.9 Å². The van der Waals surface area contributed by atoms with Crippen molar-refractivity contribution in [1.29, 1.82) is 0 Å². The van der Waals surface area contributed by atoms with E-state index >= 15 is 0 Å². The van der Waals surface area contributed by atoms with Crippen LogP contribution in [-0.2, 0) is 20.9 Å². The minimum absolute atomic E-state index is 0.0339. The molecule has 1 unspecified atom stereocenters. The summed E-state index contributed by atoms with van der Waals surface area (Å²) < 4.78 is 70.4. The fraction of sp³-hybridized carbons (Fsp3) is 0.645. The third kappa shape index (κ3) is 8.13. The fourth-order valence-corrected chi connectivity index (χ4v) is 7.46. The number of likely N-dealkylation sites (tertiary alicyclic amines) is 2. The lowest BCUT2D eigenvalue weighted by Gasteiger charge is -2.43. The van der Waals surface area contributed by atoms with E-state index in [-0.39, 0.29) is 24.2 Å². The van der Waals surface area contributed by atoms with Gasteiger partial charge in [-0.25, -0.2) is 22.7 Å². The first-order valence-corrected chi connectivity index (χ1v) is 17.5. The van der Waals surface area contributed by atoms with Crippen LogP contribution in [0.4, 0.5) is 19.0 Å². The van der Waals surface area contributed by atoms with Crippen molar-refractivity contribution in [2.24, 2.45) is 0 Å². The van der Waals surface area contributed by atoms with Crippen molar-refractivity contribution in [2.75, 3.05) is 51.3 Å². The second kappa shape index (κ2) is 13.9. The zero-order chi connectivity index (χ0) is 32.4. The van der Waals surface area contributed by atoms with Gasteiger partial charge in [0.1, 0.15) is 17.8 Å². The topological polar surface area (TPSA) is 108 Å². The highest BCUT2D eigenvalue weighted by Crippen LogP contribution is 2.34. The molecule has 0 radical (unpaired) electrons. The molecule has 3 aliphatic heterocycles. The Morgan fingerprint density at radius 3 is 2.31 bits per heavy atom. The molecule has 5 rings (SSSR count). The van der Waals surface area contributed by atoms with Crippen LogP contribution in [0, 0.1) is 6.92 Å². The number of halogens is 3. The SMILES string of the molecule is Cc1c(NCC2CCC[C@@H](c3ccc(C(F)(F)F)cc3)O2)ncnc1C(=O)N1CCC(N2CCC(N(C)S(C)(=O)=O)CC2)CC1. The Labute approximate surface area is 263 Å². The summed E-state index contributed by atoms with van der Waals surface area (Å²) in [6.07, 6.45) is 3.58. The Balaban J connectivity index is 1.11. The van der Waals surface area contributed by atoms with E-state index in [1.54, 1.807) is 7.05 Å². The summed E-state index contributed by atoms with van der Waals surface area (Å²) in [5.74, 6) is 0.437. The first kappa shape index (κ1) is 33.6. The number of hydrogen-bond acceptors (Lipinski definition) is 8. The summed E-state index contributed by atoms with van der Waals surface area (Å²) in [5.41, 5.74) is 1.08. The van der Waals surface area contributed by atoms with Crippen LogP contribution < -0.4 is 5.32 Å². The molecular formula is C31H43F3N6O4S. The molecule has 3 saturated heterocycles. The molecule has 1 aromatic heterocycles. The standard InChI is InChI=1S/C31H43F3N6O4S/c1-21-28(30(41)40-17-13-25(14-18-40)39-15-11-24(12-16-39)38(2)45(3,42)43)36-20-37-29(21)35-19-26-5-4-6-27(44-26)22-7-9-23(10-8-22)31(32,33)34/h7-10,20,24-27H,4-6,11-19H2,1-3H3,(H,35,36,37)/t26?,27-/m0/s1. The Morgan fingerprint density at radius 1 is 1.02 bits per heavy atom. The third-order valence-electron chi connectivity index (χ3n) is 9.55. The number of benzene rings is 1. The molecule has 4 heterocycles. The van der Waals surface area contributed by atoms with Crippen LogP contribution >= 0.6 is 0 Å². The minimum atomic E-state index is -4.37. The lowest BCUT2D eigenvalue weighted by Crippen LogP contribution is -2.52. The molecule has 14 heteroatoms. The van der Waals surface area contributed by atoms with Crippen LogP contribution in [0.2, 0.25) is 0 Å². The molecule has 45 heavy (non-hydrogen) atoms. The highest BCUT2D eigenvalue weighted by molar-refractivity contribution is 7.88. The van der Waals surface area contributed by atoms with E-state index in [2.05, 4.69) is 20.2 Å². The van der Waals surface area contributed by atoms with Crippen LogP contribution in [-0.4, -0.2) is 103 Å². The maximum atomic E-state index is 13.5. The molecule has 10 nitrogen and oxygen atoms in total. The number of nitrogens with zero attached hydrogens (tertiary/aromatic N) is 5. The van der Waals surface area contributed by atoms with Gasteiger partial charge in [0.15, 0.2) is 0 Å². The average molecular weight is 653 g/mol. The summed E-state index contributed by atoms with van der Waals surface area (Å²) in [4.78, 5) is 26.5. The second-order valence-electron chi connectivity index (χ2n) is 12.4. The van der Waals surface area contributed by atoms with Crippen molar-refractivity contribution in [3.8, 4) is 0 Å². The van der Waals surface area contributed by atoms with Gasteiger partial charge in [-0.15, -0.1) is 0 Å². The highest BCUT2D eigenvalue weighted by Gasteiger charge is 2.34. The van der Waals surface area contributed by atoms with E-state index in [0.29, 0.717) is 42.8 Å². The van der Waals surface area contributed by atoms with Crippen LogP contribution in [0.3, 0.4) is 0 Å². The molecule has 2 aromatic rings. The molecular weight excluding hydrogens is 609 g/mol. The molecule has 1 aromatic carbocycles. The van der Waals surface area contributed by atoms with Gasteiger partial charge >= 0.3 is 6.18 Å². The molecule has 0 bridgehead atoms. The lowest BCUT2D eigenvalue weighted by atomic mass is 9.97. The largest absolute Gasteiger partial charge is 0.416 e. The Bertz CT molecular complexity index is 1430. The molecule has 0 saturated carbocycles. The van der Waals surface area contributed by atoms with Crippen molar-refractivity contribution in [3.63, 3.8) is 0 Å². The third-order valence-corrected chi connectivity index (χ3v) is 10.9. The number of piperidine rings is 2. The minimum Gasteiger partial charge on any atom is -0.368 e. The van der Waals surface area contributed by atoms with Gasteiger partial charge in [-0.2, -0.15) is 13.2 Å². The summed E-state index contributed by atoms with van der Waals surface area (Å²) in [7, 11) is -1.55. The summed E-state index contributed by atoms with van der Waals surface area (Å²) in [6, 6.07) is 5.56. The number of nitrogens with one attached hydrogen (secondary N) is 1. The van der Waals surface area contributed by atoms with Crippen molar-refractivity contribution in [2.45, 2.75) is 82.3 Å². The van der Waals surface area contributed by atoms with E-state index in [4.69, 9.17) is 4.74 Å². The molecule has 3 fully saturated rings. The van der Waals surface area contributed by atoms with Crippen LogP contribution in [0.15, 0.2) is 30.6 Å². The number of rotatable bonds is 8. The van der Waals surface area contributed by atoms with Gasteiger partial charge in [-0.3, -0.25) is 4.79 Å². The van der Waals surface area contributed by atoms with Crippen molar-refractivity contribution >= 4 is 21.7 Å². The molecule has 2 atom stereocenters. The smallest absolute Gasteiger partial charge is 0.368 e. The summed E-state index contributed by atoms with van der Waals surface area (Å²) in [6.45, 7) is 5.22. The van der Waals surface area contributed by atoms with Crippen molar-refractivity contribution in [1.82, 2.24) is 24.1 Å². The molecule has 0 spiro atoms. The first-order valence-electron chi connectivity index (χ1n) is 15.7. The van der Waals surface area contributed by atoms with Crippen molar-refractivity contribution < 1.29 is 31.1 Å². The van der Waals surface area contributed by atoms with Gasteiger partial charge in [0.25, 0.3) is 5.91 Å². The predicted molar refractivity (Wildman–Crippen MR) is 164 cm³/mol. The Hall–Kier alpha value is -2.81. The number of hydrogen-bond donors (Lipinski definition) is 1. The lowest BCUT2D eigenvalue weighted by molar-refractivity contribution is -0.137. The average Bonchev–Trinajstić information content (AvgIpc) is 3.03. The number of carbonyl (C=O) groups is 1. The summed E-state index contributed by atoms with van der Waals surface area (Å²) in [5, 5.41) is 3.31. The van der Waals surface area contributed by atoms with Gasteiger partial charge in [0.2, 0.25) is 10.0 Å². The monoisotopic (exact) mass is 652 g/mol. The fourth-order valence-electron chi connectivity index (χ4n) is 6.71. The first-order chi connectivity index (χ1) is 21.3. The zero-order valence-corrected chi connectivity index (χ0v) is 26.9. The second-order valence-corrected chi connectivity index (χ2v) is 14.5. The number of carbonyl (C=O) groups excluding carboxylic acids is 1. The van der Waals surface area contributed by atoms with Crippen LogP contribution in [0.25, 0.3) is 0 Å². The molecule has 0 aliphatic carbocycles. The molecule has 1 amide bonds. The van der Waals surface area contributed by atoms with E-state index in [1.807, 2.05) is 11.8 Å². The van der Waals surface area contributed by atoms with E-state index in [1.165, 1.54) is 29.0 Å². The zero-order valence-electron chi connectivity index (χ0n) is 26.1. The number of alkyl halides is 3. The van der Waals surface area contributed by atoms with Crippen molar-refractivity contribution in [3.05, 3.63) is 53.0 Å². The number of ether oxygens (including phenoxy) is 1. The van der Waals surface area contributed by atoms with Crippen LogP contribution in [0.1, 0.15) is 78.2 Å². The van der Waals surface area contributed by atoms with Gasteiger partial charge in [0.05, 0.1) is 24.0 Å². The molecule has 1 N–H and O–H groups in total. The van der Waals surface area contributed by atoms with Gasteiger partial charge in [-0.05, 0) is 82.7 Å². The maximum absolute atomic E-state index is 13.5. The van der Waals surface area contributed by atoms with Crippen LogP contribution in [0.5, 0.6) is 0 Å². The Morgan fingerprint density at radius 2 is 1.69 bits per heavy atom. The normalized spacial score (nSPS) is 23.0. The summed E-state index contributed by atoms with van der Waals surface area (Å²) >= 11 is 0. The molecule has 248 valence electrons. The highest BCUT2D eigenvalue weighted by atomic mass is 32.2. The Kier molecular flexibility index (Phi) is 10.4. The van der Waals surface area contributed by atoms with E-state index in [0.717, 1.165) is 75.7 Å². The quantitative estimate of drug-likeness (QED) is 0.445. The van der Waals surface area contributed by atoms with Gasteiger partial charge in [0, 0.05) is 44.3 Å². The maximum Gasteiger partial charge on any atom is 0.416 e. The predicted octanol–water partition coefficient (Wildman–Crippen LogP) is 4.49. The number of aromatic nitrogens is 2. The van der Waals surface area contributed by atoms with E-state index < -0.39 is 21.8 Å². The number of anilines is 1. The van der Waals surface area contributed by atoms with E-state index in [9.17, 15) is 26.4 Å². The van der Waals surface area contributed by atoms with Gasteiger partial charge in [-0.1, -0.05) is 12.1 Å². The molecule has 3 aliphatic rings. The number of amides is 1. The number of sulfonamides is 1.